The van der Waals surface area contributed by atoms with Crippen LogP contribution >= 0.6 is 11.6 Å². The number of benzene rings is 1. The van der Waals surface area contributed by atoms with Gasteiger partial charge in [0.2, 0.25) is 0 Å². The highest BCUT2D eigenvalue weighted by Crippen LogP contribution is 2.25. The van der Waals surface area contributed by atoms with Gasteiger partial charge in [0, 0.05) is 11.8 Å². The highest BCUT2D eigenvalue weighted by Gasteiger charge is 2.16. The Bertz CT molecular complexity index is 842. The summed E-state index contributed by atoms with van der Waals surface area (Å²) in [6, 6.07) is 9.43. The number of imidazole rings is 1. The third kappa shape index (κ3) is 2.60. The average molecular weight is 302 g/mol. The number of fused-ring (bicyclic) bond motifs is 1. The van der Waals surface area contributed by atoms with Gasteiger partial charge in [0.25, 0.3) is 0 Å². The van der Waals surface area contributed by atoms with Crippen molar-refractivity contribution in [1.29, 1.82) is 0 Å². The predicted octanol–water partition coefficient (Wildman–Crippen LogP) is 3.14. The van der Waals surface area contributed by atoms with Crippen LogP contribution in [0.3, 0.4) is 0 Å². The van der Waals surface area contributed by atoms with Crippen molar-refractivity contribution < 1.29 is 9.90 Å². The molecule has 0 amide bonds. The number of rotatable bonds is 3. The molecule has 106 valence electrons. The van der Waals surface area contributed by atoms with Crippen molar-refractivity contribution in [2.75, 3.05) is 0 Å². The summed E-state index contributed by atoms with van der Waals surface area (Å²) in [6.45, 7) is 1.78. The molecule has 2 aromatic heterocycles. The first-order valence-corrected chi connectivity index (χ1v) is 6.73. The summed E-state index contributed by atoms with van der Waals surface area (Å²) in [5.41, 5.74) is 3.02. The van der Waals surface area contributed by atoms with Crippen molar-refractivity contribution in [2.24, 2.45) is 0 Å². The average Bonchev–Trinajstić information content (AvgIpc) is 2.76. The number of halogens is 1. The summed E-state index contributed by atoms with van der Waals surface area (Å²) < 4.78 is 1.59. The lowest BCUT2D eigenvalue weighted by molar-refractivity contribution is -0.137. The molecule has 0 radical (unpaired) electrons. The van der Waals surface area contributed by atoms with Crippen LogP contribution in [0, 0.1) is 6.92 Å². The second kappa shape index (κ2) is 5.18. The SMILES string of the molecule is Cc1cccc(-c2nc3cc(Cl)cnc3n2CC(=O)O)c1. The van der Waals surface area contributed by atoms with Crippen LogP contribution in [0.25, 0.3) is 22.6 Å². The summed E-state index contributed by atoms with van der Waals surface area (Å²) in [6.07, 6.45) is 1.49. The molecule has 21 heavy (non-hydrogen) atoms. The number of carboxylic acids is 1. The van der Waals surface area contributed by atoms with E-state index in [1.165, 1.54) is 6.20 Å². The Morgan fingerprint density at radius 1 is 1.38 bits per heavy atom. The van der Waals surface area contributed by atoms with E-state index >= 15 is 0 Å². The molecule has 0 fully saturated rings. The first-order valence-electron chi connectivity index (χ1n) is 6.35. The minimum Gasteiger partial charge on any atom is -0.480 e. The highest BCUT2D eigenvalue weighted by molar-refractivity contribution is 6.31. The molecule has 0 aliphatic rings. The highest BCUT2D eigenvalue weighted by atomic mass is 35.5. The minimum atomic E-state index is -0.944. The van der Waals surface area contributed by atoms with Crippen molar-refractivity contribution in [2.45, 2.75) is 13.5 Å². The second-order valence-corrected chi connectivity index (χ2v) is 5.22. The zero-order valence-corrected chi connectivity index (χ0v) is 12.0. The van der Waals surface area contributed by atoms with Gasteiger partial charge in [-0.15, -0.1) is 0 Å². The molecule has 6 heteroatoms. The smallest absolute Gasteiger partial charge is 0.323 e. The largest absolute Gasteiger partial charge is 0.480 e. The maximum atomic E-state index is 11.1. The number of hydrogen-bond donors (Lipinski definition) is 1. The first kappa shape index (κ1) is 13.6. The van der Waals surface area contributed by atoms with Crippen molar-refractivity contribution in [1.82, 2.24) is 14.5 Å². The monoisotopic (exact) mass is 301 g/mol. The predicted molar refractivity (Wildman–Crippen MR) is 80.3 cm³/mol. The topological polar surface area (TPSA) is 68.0 Å². The van der Waals surface area contributed by atoms with Crippen molar-refractivity contribution in [3.63, 3.8) is 0 Å². The molecule has 3 rings (SSSR count). The lowest BCUT2D eigenvalue weighted by atomic mass is 10.1. The molecule has 0 saturated carbocycles. The van der Waals surface area contributed by atoms with Crippen LogP contribution in [0.2, 0.25) is 5.02 Å². The Balaban J connectivity index is 2.27. The molecule has 1 aromatic carbocycles. The van der Waals surface area contributed by atoms with E-state index in [9.17, 15) is 4.79 Å². The van der Waals surface area contributed by atoms with Crippen LogP contribution in [0.1, 0.15) is 5.56 Å². The summed E-state index contributed by atoms with van der Waals surface area (Å²) in [4.78, 5) is 19.8. The number of carboxylic acid groups (broad SMARTS) is 1. The molecule has 0 bridgehead atoms. The molecule has 0 unspecified atom stereocenters. The Hall–Kier alpha value is -2.40. The summed E-state index contributed by atoms with van der Waals surface area (Å²) in [5, 5.41) is 9.59. The Kier molecular flexibility index (Phi) is 3.35. The molecule has 2 heterocycles. The van der Waals surface area contributed by atoms with E-state index in [1.807, 2.05) is 31.2 Å². The number of pyridine rings is 1. The molecule has 0 spiro atoms. The normalized spacial score (nSPS) is 11.0. The lowest BCUT2D eigenvalue weighted by Crippen LogP contribution is -2.10. The molecular weight excluding hydrogens is 290 g/mol. The van der Waals surface area contributed by atoms with E-state index in [2.05, 4.69) is 9.97 Å². The van der Waals surface area contributed by atoms with Gasteiger partial charge in [-0.2, -0.15) is 0 Å². The molecule has 0 aliphatic carbocycles. The van der Waals surface area contributed by atoms with Gasteiger partial charge in [0.15, 0.2) is 5.65 Å². The van der Waals surface area contributed by atoms with Gasteiger partial charge < -0.3 is 5.11 Å². The van der Waals surface area contributed by atoms with E-state index in [1.54, 1.807) is 10.6 Å². The first-order chi connectivity index (χ1) is 10.0. The fraction of sp³-hybridized carbons (Fsp3) is 0.133. The number of carbonyl (C=O) groups is 1. The van der Waals surface area contributed by atoms with Gasteiger partial charge >= 0.3 is 5.97 Å². The van der Waals surface area contributed by atoms with Crippen molar-refractivity contribution in [3.8, 4) is 11.4 Å². The zero-order valence-electron chi connectivity index (χ0n) is 11.2. The number of aryl methyl sites for hydroxylation is 1. The van der Waals surface area contributed by atoms with Crippen LogP contribution in [-0.4, -0.2) is 25.6 Å². The minimum absolute atomic E-state index is 0.200. The van der Waals surface area contributed by atoms with Crippen LogP contribution in [0.5, 0.6) is 0 Å². The number of hydrogen-bond acceptors (Lipinski definition) is 3. The van der Waals surface area contributed by atoms with Gasteiger partial charge in [0.1, 0.15) is 17.9 Å². The molecule has 1 N–H and O–H groups in total. The fourth-order valence-electron chi connectivity index (χ4n) is 2.28. The van der Waals surface area contributed by atoms with Gasteiger partial charge in [0.05, 0.1) is 5.02 Å². The van der Waals surface area contributed by atoms with Crippen LogP contribution in [-0.2, 0) is 11.3 Å². The van der Waals surface area contributed by atoms with Crippen LogP contribution in [0.15, 0.2) is 36.5 Å². The quantitative estimate of drug-likeness (QED) is 0.807. The summed E-state index contributed by atoms with van der Waals surface area (Å²) >= 11 is 5.93. The van der Waals surface area contributed by atoms with Gasteiger partial charge in [-0.3, -0.25) is 9.36 Å². The molecule has 0 saturated heterocycles. The summed E-state index contributed by atoms with van der Waals surface area (Å²) in [7, 11) is 0. The van der Waals surface area contributed by atoms with Crippen molar-refractivity contribution in [3.05, 3.63) is 47.1 Å². The lowest BCUT2D eigenvalue weighted by Gasteiger charge is -2.06. The van der Waals surface area contributed by atoms with E-state index in [4.69, 9.17) is 16.7 Å². The number of aromatic nitrogens is 3. The number of aliphatic carboxylic acids is 1. The Labute approximate surface area is 125 Å². The zero-order chi connectivity index (χ0) is 15.0. The third-order valence-corrected chi connectivity index (χ3v) is 3.33. The van der Waals surface area contributed by atoms with Crippen molar-refractivity contribution >= 4 is 28.7 Å². The molecule has 0 atom stereocenters. The van der Waals surface area contributed by atoms with Gasteiger partial charge in [-0.05, 0) is 19.1 Å². The van der Waals surface area contributed by atoms with E-state index < -0.39 is 5.97 Å². The van der Waals surface area contributed by atoms with Crippen LogP contribution < -0.4 is 0 Å². The molecule has 0 aliphatic heterocycles. The van der Waals surface area contributed by atoms with Gasteiger partial charge in [-0.25, -0.2) is 9.97 Å². The van der Waals surface area contributed by atoms with E-state index in [0.717, 1.165) is 11.1 Å². The van der Waals surface area contributed by atoms with Crippen LogP contribution in [0.4, 0.5) is 0 Å². The molecular formula is C15H12ClN3O2. The van der Waals surface area contributed by atoms with E-state index in [-0.39, 0.29) is 6.54 Å². The van der Waals surface area contributed by atoms with Gasteiger partial charge in [-0.1, -0.05) is 35.4 Å². The van der Waals surface area contributed by atoms with E-state index in [0.29, 0.717) is 22.0 Å². The summed E-state index contributed by atoms with van der Waals surface area (Å²) in [5.74, 6) is -0.370. The maximum Gasteiger partial charge on any atom is 0.323 e. The molecule has 3 aromatic rings. The maximum absolute atomic E-state index is 11.1. The fourth-order valence-corrected chi connectivity index (χ4v) is 2.43. The standard InChI is InChI=1S/C15H12ClN3O2/c1-9-3-2-4-10(5-9)14-18-12-6-11(16)7-17-15(12)19(14)8-13(20)21/h2-7H,8H2,1H3,(H,20,21). The number of nitrogens with zero attached hydrogens (tertiary/aromatic N) is 3. The second-order valence-electron chi connectivity index (χ2n) is 4.78. The molecule has 5 nitrogen and oxygen atoms in total. The third-order valence-electron chi connectivity index (χ3n) is 3.12. The Morgan fingerprint density at radius 2 is 2.19 bits per heavy atom. The Morgan fingerprint density at radius 3 is 2.90 bits per heavy atom.